The van der Waals surface area contributed by atoms with Crippen LogP contribution in [0, 0.1) is 0 Å². The lowest BCUT2D eigenvalue weighted by molar-refractivity contribution is 0.0948. The molecule has 3 heterocycles. The van der Waals surface area contributed by atoms with Crippen LogP contribution in [0.25, 0.3) is 49.7 Å². The standard InChI is InChI=1S/C35H25N3O/c1-35(2)27-17-8-6-15-25(27)33(39)38-32-28(36-34(35)38)19-20-30-31(32)26-16-7-9-18-29(26)37(30)24-14-10-13-23(21-24)22-11-4-3-5-12-22/h3-21H,1-2H3. The molecular formula is C35H25N3O. The normalized spacial score (nSPS) is 14.2. The topological polar surface area (TPSA) is 39.8 Å². The van der Waals surface area contributed by atoms with Crippen molar-refractivity contribution < 1.29 is 4.79 Å². The number of hydrogen-bond donors (Lipinski definition) is 0. The number of carbonyl (C=O) groups excluding carboxylic acids is 1. The Balaban J connectivity index is 1.48. The Labute approximate surface area is 225 Å². The number of nitrogens with zero attached hydrogens (tertiary/aromatic N) is 3. The van der Waals surface area contributed by atoms with E-state index in [9.17, 15) is 4.79 Å². The van der Waals surface area contributed by atoms with Crippen LogP contribution in [0.4, 0.5) is 0 Å². The van der Waals surface area contributed by atoms with E-state index in [-0.39, 0.29) is 5.91 Å². The molecule has 4 nitrogen and oxygen atoms in total. The zero-order chi connectivity index (χ0) is 26.3. The summed E-state index contributed by atoms with van der Waals surface area (Å²) >= 11 is 0. The molecule has 8 rings (SSSR count). The molecule has 0 saturated heterocycles. The highest BCUT2D eigenvalue weighted by Gasteiger charge is 2.40. The van der Waals surface area contributed by atoms with E-state index in [0.29, 0.717) is 0 Å². The van der Waals surface area contributed by atoms with E-state index < -0.39 is 5.41 Å². The highest BCUT2D eigenvalue weighted by atomic mass is 16.2. The Morgan fingerprint density at radius 2 is 1.41 bits per heavy atom. The number of para-hydroxylation sites is 1. The summed E-state index contributed by atoms with van der Waals surface area (Å²) in [6, 6.07) is 39.7. The van der Waals surface area contributed by atoms with Crippen molar-refractivity contribution in [3.63, 3.8) is 0 Å². The first-order valence-corrected chi connectivity index (χ1v) is 13.3. The molecule has 0 saturated carbocycles. The van der Waals surface area contributed by atoms with Crippen LogP contribution in [-0.2, 0) is 5.41 Å². The number of rotatable bonds is 2. The van der Waals surface area contributed by atoms with Gasteiger partial charge >= 0.3 is 0 Å². The fraction of sp³-hybridized carbons (Fsp3) is 0.0857. The Morgan fingerprint density at radius 3 is 2.28 bits per heavy atom. The number of carbonyl (C=O) groups is 1. The Hall–Kier alpha value is -4.96. The molecule has 0 atom stereocenters. The number of imidazole rings is 1. The van der Waals surface area contributed by atoms with E-state index in [1.165, 1.54) is 5.56 Å². The van der Waals surface area contributed by atoms with Crippen molar-refractivity contribution in [1.29, 1.82) is 0 Å². The second-order valence-electron chi connectivity index (χ2n) is 10.8. The summed E-state index contributed by atoms with van der Waals surface area (Å²) in [4.78, 5) is 19.1. The largest absolute Gasteiger partial charge is 0.309 e. The van der Waals surface area contributed by atoms with E-state index in [1.54, 1.807) is 0 Å². The maximum atomic E-state index is 14.0. The molecule has 39 heavy (non-hydrogen) atoms. The molecule has 186 valence electrons. The molecule has 7 aromatic rings. The van der Waals surface area contributed by atoms with Crippen LogP contribution in [0.2, 0.25) is 0 Å². The van der Waals surface area contributed by atoms with Crippen molar-refractivity contribution in [3.8, 4) is 16.8 Å². The zero-order valence-corrected chi connectivity index (χ0v) is 21.7. The Kier molecular flexibility index (Phi) is 4.40. The van der Waals surface area contributed by atoms with Gasteiger partial charge in [0.1, 0.15) is 5.82 Å². The van der Waals surface area contributed by atoms with Crippen LogP contribution in [-0.4, -0.2) is 20.0 Å². The lowest BCUT2D eigenvalue weighted by atomic mass is 9.78. The van der Waals surface area contributed by atoms with Crippen LogP contribution >= 0.6 is 0 Å². The summed E-state index contributed by atoms with van der Waals surface area (Å²) in [6.07, 6.45) is 0. The highest BCUT2D eigenvalue weighted by molar-refractivity contribution is 6.22. The van der Waals surface area contributed by atoms with Gasteiger partial charge in [-0.1, -0.05) is 78.9 Å². The summed E-state index contributed by atoms with van der Waals surface area (Å²) in [6.45, 7) is 4.32. The molecule has 4 heteroatoms. The van der Waals surface area contributed by atoms with Gasteiger partial charge in [-0.3, -0.25) is 9.36 Å². The summed E-state index contributed by atoms with van der Waals surface area (Å²) in [5, 5.41) is 2.16. The first-order valence-electron chi connectivity index (χ1n) is 13.3. The van der Waals surface area contributed by atoms with Gasteiger partial charge in [-0.05, 0) is 66.9 Å². The van der Waals surface area contributed by atoms with Gasteiger partial charge in [0.15, 0.2) is 0 Å². The van der Waals surface area contributed by atoms with Gasteiger partial charge in [0, 0.05) is 27.4 Å². The maximum Gasteiger partial charge on any atom is 0.264 e. The summed E-state index contributed by atoms with van der Waals surface area (Å²) in [5.41, 5.74) is 8.66. The van der Waals surface area contributed by atoms with Gasteiger partial charge in [-0.15, -0.1) is 0 Å². The predicted molar refractivity (Wildman–Crippen MR) is 158 cm³/mol. The Bertz CT molecular complexity index is 2110. The number of benzene rings is 5. The minimum absolute atomic E-state index is 0.0159. The van der Waals surface area contributed by atoms with Crippen molar-refractivity contribution in [2.24, 2.45) is 0 Å². The molecule has 1 aliphatic rings. The van der Waals surface area contributed by atoms with Crippen LogP contribution in [0.3, 0.4) is 0 Å². The van der Waals surface area contributed by atoms with Crippen molar-refractivity contribution in [3.05, 3.63) is 132 Å². The summed E-state index contributed by atoms with van der Waals surface area (Å²) < 4.78 is 4.18. The molecule has 0 fully saturated rings. The van der Waals surface area contributed by atoms with E-state index in [4.69, 9.17) is 4.98 Å². The second-order valence-corrected chi connectivity index (χ2v) is 10.8. The molecule has 0 spiro atoms. The summed E-state index contributed by atoms with van der Waals surface area (Å²) in [7, 11) is 0. The van der Waals surface area contributed by atoms with Crippen molar-refractivity contribution >= 4 is 38.7 Å². The lowest BCUT2D eigenvalue weighted by Gasteiger charge is -2.31. The minimum atomic E-state index is -0.405. The van der Waals surface area contributed by atoms with E-state index in [0.717, 1.165) is 61.0 Å². The minimum Gasteiger partial charge on any atom is -0.309 e. The second kappa shape index (κ2) is 7.78. The van der Waals surface area contributed by atoms with E-state index >= 15 is 0 Å². The van der Waals surface area contributed by atoms with Gasteiger partial charge in [-0.2, -0.15) is 0 Å². The molecule has 0 amide bonds. The highest BCUT2D eigenvalue weighted by Crippen LogP contribution is 2.43. The van der Waals surface area contributed by atoms with Crippen LogP contribution in [0.5, 0.6) is 0 Å². The molecule has 5 aromatic carbocycles. The van der Waals surface area contributed by atoms with Crippen molar-refractivity contribution in [2.75, 3.05) is 0 Å². The molecule has 0 radical (unpaired) electrons. The van der Waals surface area contributed by atoms with Gasteiger partial charge < -0.3 is 4.57 Å². The first-order chi connectivity index (χ1) is 19.0. The van der Waals surface area contributed by atoms with Gasteiger partial charge in [0.2, 0.25) is 0 Å². The molecule has 0 bridgehead atoms. The number of aromatic nitrogens is 3. The fourth-order valence-corrected chi connectivity index (χ4v) is 6.42. The lowest BCUT2D eigenvalue weighted by Crippen LogP contribution is -2.35. The predicted octanol–water partition coefficient (Wildman–Crippen LogP) is 8.13. The maximum absolute atomic E-state index is 14.0. The molecule has 2 aromatic heterocycles. The summed E-state index contributed by atoms with van der Waals surface area (Å²) in [5.74, 6) is 0.773. The third-order valence-corrected chi connectivity index (χ3v) is 8.26. The van der Waals surface area contributed by atoms with E-state index in [1.807, 2.05) is 28.8 Å². The molecular weight excluding hydrogens is 478 g/mol. The fourth-order valence-electron chi connectivity index (χ4n) is 6.42. The van der Waals surface area contributed by atoms with Crippen LogP contribution < -0.4 is 0 Å². The molecule has 0 unspecified atom stereocenters. The van der Waals surface area contributed by atoms with Gasteiger partial charge in [-0.25, -0.2) is 4.98 Å². The van der Waals surface area contributed by atoms with Crippen LogP contribution in [0.1, 0.15) is 35.6 Å². The Morgan fingerprint density at radius 1 is 0.667 bits per heavy atom. The van der Waals surface area contributed by atoms with Crippen molar-refractivity contribution in [2.45, 2.75) is 19.3 Å². The third-order valence-electron chi connectivity index (χ3n) is 8.26. The van der Waals surface area contributed by atoms with Gasteiger partial charge in [0.05, 0.1) is 22.1 Å². The quantitative estimate of drug-likeness (QED) is 0.239. The average Bonchev–Trinajstić information content (AvgIpc) is 3.54. The van der Waals surface area contributed by atoms with Crippen LogP contribution in [0.15, 0.2) is 115 Å². The smallest absolute Gasteiger partial charge is 0.264 e. The number of fused-ring (bicyclic) bond motifs is 8. The molecule has 0 aliphatic carbocycles. The zero-order valence-electron chi connectivity index (χ0n) is 21.7. The monoisotopic (exact) mass is 503 g/mol. The molecule has 1 aliphatic heterocycles. The van der Waals surface area contributed by atoms with Crippen molar-refractivity contribution in [1.82, 2.24) is 14.1 Å². The van der Waals surface area contributed by atoms with E-state index in [2.05, 4.69) is 109 Å². The average molecular weight is 504 g/mol. The third kappa shape index (κ3) is 2.94. The number of hydrogen-bond acceptors (Lipinski definition) is 2. The molecule has 0 N–H and O–H groups in total. The van der Waals surface area contributed by atoms with Gasteiger partial charge in [0.25, 0.3) is 5.91 Å². The SMILES string of the molecule is CC1(C)c2ccccc2C(=O)n2c1nc1ccc3c(c4ccccc4n3-c3cccc(-c4ccccc4)c3)c12. The first kappa shape index (κ1) is 22.1.